The van der Waals surface area contributed by atoms with Gasteiger partial charge in [0.25, 0.3) is 5.91 Å². The minimum Gasteiger partial charge on any atom is -0.481 e. The molecule has 0 saturated carbocycles. The highest BCUT2D eigenvalue weighted by molar-refractivity contribution is 5.78. The van der Waals surface area contributed by atoms with Crippen LogP contribution in [0.1, 0.15) is 18.1 Å². The summed E-state index contributed by atoms with van der Waals surface area (Å²) in [6.45, 7) is 1.14. The van der Waals surface area contributed by atoms with E-state index in [1.54, 1.807) is 23.3 Å². The van der Waals surface area contributed by atoms with Gasteiger partial charge in [0.1, 0.15) is 5.76 Å². The molecule has 0 spiro atoms. The summed E-state index contributed by atoms with van der Waals surface area (Å²) in [5.41, 5.74) is 0. The summed E-state index contributed by atoms with van der Waals surface area (Å²) < 4.78 is 24.0. The van der Waals surface area contributed by atoms with E-state index in [4.69, 9.17) is 9.15 Å². The van der Waals surface area contributed by atoms with Crippen LogP contribution in [0.15, 0.2) is 47.1 Å². The topological polar surface area (TPSA) is 42.7 Å². The fraction of sp³-hybridized carbons (Fsp3) is 0.312. The highest BCUT2D eigenvalue weighted by atomic mass is 19.1. The maximum absolute atomic E-state index is 13.4. The van der Waals surface area contributed by atoms with E-state index < -0.39 is 5.82 Å². The van der Waals surface area contributed by atoms with Gasteiger partial charge in [0.2, 0.25) is 0 Å². The second-order valence-corrected chi connectivity index (χ2v) is 5.06. The Balaban J connectivity index is 1.54. The van der Waals surface area contributed by atoms with Crippen molar-refractivity contribution in [2.24, 2.45) is 0 Å². The number of halogens is 1. The Bertz CT molecular complexity index is 612. The van der Waals surface area contributed by atoms with Gasteiger partial charge in [-0.3, -0.25) is 4.79 Å². The highest BCUT2D eigenvalue weighted by Crippen LogP contribution is 2.27. The van der Waals surface area contributed by atoms with Crippen LogP contribution in [0.3, 0.4) is 0 Å². The van der Waals surface area contributed by atoms with E-state index in [0.29, 0.717) is 13.1 Å². The number of carbonyl (C=O) groups is 1. The Kier molecular flexibility index (Phi) is 3.90. The Hall–Kier alpha value is -2.30. The van der Waals surface area contributed by atoms with Gasteiger partial charge in [0, 0.05) is 19.0 Å². The van der Waals surface area contributed by atoms with Crippen molar-refractivity contribution in [2.75, 3.05) is 19.7 Å². The molecule has 1 amide bonds. The molecule has 1 aliphatic rings. The summed E-state index contributed by atoms with van der Waals surface area (Å²) in [4.78, 5) is 13.8. The van der Waals surface area contributed by atoms with Gasteiger partial charge < -0.3 is 14.1 Å². The fourth-order valence-corrected chi connectivity index (χ4v) is 2.54. The molecule has 1 unspecified atom stereocenters. The molecule has 1 fully saturated rings. The molecule has 3 rings (SSSR count). The van der Waals surface area contributed by atoms with Crippen LogP contribution < -0.4 is 4.74 Å². The van der Waals surface area contributed by atoms with Crippen molar-refractivity contribution in [3.8, 4) is 5.75 Å². The summed E-state index contributed by atoms with van der Waals surface area (Å²) in [5.74, 6) is 0.651. The van der Waals surface area contributed by atoms with E-state index in [1.165, 1.54) is 12.1 Å². The first kappa shape index (κ1) is 13.7. The fourth-order valence-electron chi connectivity index (χ4n) is 2.54. The molecule has 0 aliphatic carbocycles. The minimum atomic E-state index is -0.458. The number of ether oxygens (including phenoxy) is 1. The van der Waals surface area contributed by atoms with Crippen LogP contribution in [-0.4, -0.2) is 30.5 Å². The summed E-state index contributed by atoms with van der Waals surface area (Å²) in [7, 11) is 0. The van der Waals surface area contributed by atoms with Crippen LogP contribution in [0, 0.1) is 5.82 Å². The summed E-state index contributed by atoms with van der Waals surface area (Å²) in [6.07, 6.45) is 2.51. The molecule has 1 saturated heterocycles. The predicted octanol–water partition coefficient (Wildman–Crippen LogP) is 2.81. The largest absolute Gasteiger partial charge is 0.481 e. The van der Waals surface area contributed by atoms with Crippen LogP contribution in [0.5, 0.6) is 5.75 Å². The van der Waals surface area contributed by atoms with E-state index >= 15 is 0 Å². The van der Waals surface area contributed by atoms with Gasteiger partial charge in [-0.2, -0.15) is 0 Å². The second-order valence-electron chi connectivity index (χ2n) is 5.06. The maximum Gasteiger partial charge on any atom is 0.260 e. The van der Waals surface area contributed by atoms with Gasteiger partial charge in [0.05, 0.1) is 6.26 Å². The Labute approximate surface area is 122 Å². The van der Waals surface area contributed by atoms with Gasteiger partial charge in [-0.15, -0.1) is 0 Å². The molecule has 1 aromatic heterocycles. The highest BCUT2D eigenvalue weighted by Gasteiger charge is 2.29. The third kappa shape index (κ3) is 3.07. The van der Waals surface area contributed by atoms with Crippen molar-refractivity contribution in [1.82, 2.24) is 4.90 Å². The van der Waals surface area contributed by atoms with Crippen molar-refractivity contribution in [3.05, 3.63) is 54.2 Å². The van der Waals surface area contributed by atoms with Crippen LogP contribution in [0.2, 0.25) is 0 Å². The number of likely N-dealkylation sites (tertiary alicyclic amines) is 1. The predicted molar refractivity (Wildman–Crippen MR) is 74.5 cm³/mol. The lowest BCUT2D eigenvalue weighted by molar-refractivity contribution is -0.132. The molecule has 0 radical (unpaired) electrons. The van der Waals surface area contributed by atoms with E-state index in [0.717, 1.165) is 12.2 Å². The first-order chi connectivity index (χ1) is 10.2. The normalized spacial score (nSPS) is 18.0. The molecule has 0 bridgehead atoms. The molecule has 2 heterocycles. The van der Waals surface area contributed by atoms with Gasteiger partial charge in [0.15, 0.2) is 18.2 Å². The van der Waals surface area contributed by atoms with Crippen molar-refractivity contribution in [1.29, 1.82) is 0 Å². The summed E-state index contributed by atoms with van der Waals surface area (Å²) in [5, 5.41) is 0. The zero-order chi connectivity index (χ0) is 14.7. The quantitative estimate of drug-likeness (QED) is 0.869. The molecule has 21 heavy (non-hydrogen) atoms. The van der Waals surface area contributed by atoms with Crippen molar-refractivity contribution >= 4 is 5.91 Å². The number of para-hydroxylation sites is 1. The average Bonchev–Trinajstić information content (AvgIpc) is 3.16. The van der Waals surface area contributed by atoms with Crippen LogP contribution in [0.25, 0.3) is 0 Å². The first-order valence-electron chi connectivity index (χ1n) is 6.92. The molecule has 1 aliphatic heterocycles. The molecule has 0 N–H and O–H groups in total. The van der Waals surface area contributed by atoms with Gasteiger partial charge in [-0.25, -0.2) is 4.39 Å². The van der Waals surface area contributed by atoms with Gasteiger partial charge >= 0.3 is 0 Å². The van der Waals surface area contributed by atoms with Crippen molar-refractivity contribution < 1.29 is 18.3 Å². The van der Waals surface area contributed by atoms with Crippen molar-refractivity contribution in [3.63, 3.8) is 0 Å². The third-order valence-corrected chi connectivity index (χ3v) is 3.67. The Morgan fingerprint density at radius 1 is 1.33 bits per heavy atom. The molecular formula is C16H16FNO3. The average molecular weight is 289 g/mol. The lowest BCUT2D eigenvalue weighted by atomic mass is 10.1. The molecule has 110 valence electrons. The molecule has 4 nitrogen and oxygen atoms in total. The smallest absolute Gasteiger partial charge is 0.260 e. The number of hydrogen-bond donors (Lipinski definition) is 0. The molecular weight excluding hydrogens is 273 g/mol. The minimum absolute atomic E-state index is 0.104. The first-order valence-corrected chi connectivity index (χ1v) is 6.92. The number of rotatable bonds is 4. The summed E-state index contributed by atoms with van der Waals surface area (Å²) in [6, 6.07) is 9.85. The van der Waals surface area contributed by atoms with Crippen molar-refractivity contribution in [2.45, 2.75) is 12.3 Å². The number of benzene rings is 1. The van der Waals surface area contributed by atoms with Gasteiger partial charge in [-0.05, 0) is 30.7 Å². The monoisotopic (exact) mass is 289 g/mol. The number of nitrogens with zero attached hydrogens (tertiary/aromatic N) is 1. The number of hydrogen-bond acceptors (Lipinski definition) is 3. The second kappa shape index (κ2) is 5.99. The molecule has 1 atom stereocenters. The zero-order valence-corrected chi connectivity index (χ0v) is 11.5. The SMILES string of the molecule is O=C(COc1ccccc1F)N1CCC(c2ccco2)C1. The van der Waals surface area contributed by atoms with E-state index in [9.17, 15) is 9.18 Å². The van der Waals surface area contributed by atoms with Crippen LogP contribution >= 0.6 is 0 Å². The van der Waals surface area contributed by atoms with E-state index in [1.807, 2.05) is 12.1 Å². The Morgan fingerprint density at radius 3 is 2.95 bits per heavy atom. The zero-order valence-electron chi connectivity index (χ0n) is 11.5. The maximum atomic E-state index is 13.4. The number of carbonyl (C=O) groups excluding carboxylic acids is 1. The molecule has 1 aromatic carbocycles. The third-order valence-electron chi connectivity index (χ3n) is 3.67. The lowest BCUT2D eigenvalue weighted by Gasteiger charge is -2.16. The lowest BCUT2D eigenvalue weighted by Crippen LogP contribution is -2.32. The Morgan fingerprint density at radius 2 is 2.19 bits per heavy atom. The van der Waals surface area contributed by atoms with Gasteiger partial charge in [-0.1, -0.05) is 12.1 Å². The molecule has 2 aromatic rings. The van der Waals surface area contributed by atoms with E-state index in [2.05, 4.69) is 0 Å². The molecule has 5 heteroatoms. The standard InChI is InChI=1S/C16H16FNO3/c17-13-4-1-2-5-15(13)21-11-16(19)18-8-7-12(10-18)14-6-3-9-20-14/h1-6,9,12H,7-8,10-11H2. The number of amides is 1. The summed E-state index contributed by atoms with van der Waals surface area (Å²) >= 11 is 0. The van der Waals surface area contributed by atoms with E-state index in [-0.39, 0.29) is 24.2 Å². The van der Waals surface area contributed by atoms with Crippen LogP contribution in [-0.2, 0) is 4.79 Å². The van der Waals surface area contributed by atoms with Crippen LogP contribution in [0.4, 0.5) is 4.39 Å². The number of furan rings is 1.